The molecule has 0 aromatic carbocycles. The van der Waals surface area contributed by atoms with Crippen LogP contribution in [0.25, 0.3) is 0 Å². The minimum Gasteiger partial charge on any atom is -0.545 e. The van der Waals surface area contributed by atoms with Gasteiger partial charge in [0.2, 0.25) is 0 Å². The molecular weight excluding hydrogens is 899 g/mol. The summed E-state index contributed by atoms with van der Waals surface area (Å²) >= 11 is 0. The molecule has 0 amide bonds. The molecule has 0 aliphatic carbocycles. The highest BCUT2D eigenvalue weighted by atomic mass is 16.7. The van der Waals surface area contributed by atoms with E-state index in [1.165, 1.54) is 263 Å². The third-order valence-electron chi connectivity index (χ3n) is 14.6. The maximum absolute atomic E-state index is 12.9. The standard InChI is InChI=1S/C63H123NO8/c1-6-8-10-12-14-16-18-20-22-24-26-27-28-29-30-31-32-33-34-36-38-40-42-44-46-48-50-52-54-61(66)72-59(58-71-63(62(67)68)69-56-55-64(3,4)5)57-70-60(65)53-51-49-47-45-43-41-39-37-35-25-23-21-19-17-15-13-11-9-7-2/h59,63H,6-58H2,1-5H3. The van der Waals surface area contributed by atoms with Gasteiger partial charge in [-0.1, -0.05) is 303 Å². The highest BCUT2D eigenvalue weighted by Crippen LogP contribution is 2.19. The van der Waals surface area contributed by atoms with Gasteiger partial charge in [-0.05, 0) is 12.8 Å². The van der Waals surface area contributed by atoms with Crippen molar-refractivity contribution in [2.24, 2.45) is 0 Å². The number of rotatable bonds is 60. The second-order valence-electron chi connectivity index (χ2n) is 23.1. The fourth-order valence-corrected chi connectivity index (χ4v) is 9.72. The molecule has 0 aromatic heterocycles. The Balaban J connectivity index is 4.10. The molecule has 0 aromatic rings. The Hall–Kier alpha value is -1.71. The summed E-state index contributed by atoms with van der Waals surface area (Å²) in [5.41, 5.74) is 0. The summed E-state index contributed by atoms with van der Waals surface area (Å²) in [6.07, 6.45) is 60.2. The predicted molar refractivity (Wildman–Crippen MR) is 302 cm³/mol. The smallest absolute Gasteiger partial charge is 0.306 e. The normalized spacial score (nSPS) is 12.6. The van der Waals surface area contributed by atoms with Gasteiger partial charge < -0.3 is 33.3 Å². The monoisotopic (exact) mass is 1020 g/mol. The zero-order valence-corrected chi connectivity index (χ0v) is 48.8. The van der Waals surface area contributed by atoms with Gasteiger partial charge in [-0.15, -0.1) is 0 Å². The number of carbonyl (C=O) groups is 3. The molecule has 0 saturated carbocycles. The number of esters is 2. The van der Waals surface area contributed by atoms with E-state index < -0.39 is 24.3 Å². The molecule has 72 heavy (non-hydrogen) atoms. The van der Waals surface area contributed by atoms with Crippen LogP contribution in [0.4, 0.5) is 0 Å². The largest absolute Gasteiger partial charge is 0.545 e. The number of ether oxygens (including phenoxy) is 4. The summed E-state index contributed by atoms with van der Waals surface area (Å²) in [7, 11) is 5.94. The van der Waals surface area contributed by atoms with Gasteiger partial charge in [-0.25, -0.2) is 0 Å². The molecule has 0 saturated heterocycles. The molecule has 9 heteroatoms. The van der Waals surface area contributed by atoms with Gasteiger partial charge in [-0.3, -0.25) is 9.59 Å². The Bertz CT molecular complexity index is 1140. The molecule has 0 N–H and O–H groups in total. The molecule has 0 aliphatic rings. The average Bonchev–Trinajstić information content (AvgIpc) is 3.35. The molecule has 0 spiro atoms. The Morgan fingerprint density at radius 2 is 0.625 bits per heavy atom. The second-order valence-corrected chi connectivity index (χ2v) is 23.1. The fraction of sp³-hybridized carbons (Fsp3) is 0.952. The van der Waals surface area contributed by atoms with Crippen molar-refractivity contribution in [2.75, 3.05) is 47.5 Å². The van der Waals surface area contributed by atoms with E-state index in [-0.39, 0.29) is 32.2 Å². The molecule has 0 rings (SSSR count). The van der Waals surface area contributed by atoms with Crippen molar-refractivity contribution in [1.29, 1.82) is 0 Å². The van der Waals surface area contributed by atoms with Crippen LogP contribution in [0.15, 0.2) is 0 Å². The molecule has 428 valence electrons. The van der Waals surface area contributed by atoms with Gasteiger partial charge in [0.1, 0.15) is 13.2 Å². The van der Waals surface area contributed by atoms with Crippen LogP contribution < -0.4 is 5.11 Å². The Labute approximate surface area is 447 Å². The van der Waals surface area contributed by atoms with Gasteiger partial charge in [0.25, 0.3) is 0 Å². The lowest BCUT2D eigenvalue weighted by molar-refractivity contribution is -0.870. The number of hydrogen-bond acceptors (Lipinski definition) is 8. The summed E-state index contributed by atoms with van der Waals surface area (Å²) in [4.78, 5) is 37.3. The van der Waals surface area contributed by atoms with E-state index >= 15 is 0 Å². The summed E-state index contributed by atoms with van der Waals surface area (Å²) in [6.45, 7) is 4.83. The SMILES string of the molecule is CCCCCCCCCCCCCCCCCCCCCCCCCCCCCCC(=O)OC(COC(=O)CCCCCCCCCCCCCCCCCCCCC)COC(OCC[N+](C)(C)C)C(=O)[O-]. The van der Waals surface area contributed by atoms with Crippen molar-refractivity contribution >= 4 is 17.9 Å². The van der Waals surface area contributed by atoms with Crippen LogP contribution in [0.5, 0.6) is 0 Å². The molecule has 9 nitrogen and oxygen atoms in total. The van der Waals surface area contributed by atoms with E-state index in [2.05, 4.69) is 13.8 Å². The molecular formula is C63H123NO8. The average molecular weight is 1020 g/mol. The third-order valence-corrected chi connectivity index (χ3v) is 14.6. The number of unbranched alkanes of at least 4 members (excludes halogenated alkanes) is 45. The van der Waals surface area contributed by atoms with E-state index in [0.717, 1.165) is 38.5 Å². The molecule has 2 atom stereocenters. The molecule has 0 bridgehead atoms. The second kappa shape index (κ2) is 55.5. The number of aliphatic carboxylic acids is 1. The van der Waals surface area contributed by atoms with E-state index in [0.29, 0.717) is 17.4 Å². The van der Waals surface area contributed by atoms with Crippen molar-refractivity contribution in [1.82, 2.24) is 0 Å². The number of carboxylic acid groups (broad SMARTS) is 1. The van der Waals surface area contributed by atoms with Crippen LogP contribution in [0.1, 0.15) is 328 Å². The lowest BCUT2D eigenvalue weighted by Gasteiger charge is -2.26. The van der Waals surface area contributed by atoms with E-state index in [9.17, 15) is 19.5 Å². The minimum absolute atomic E-state index is 0.153. The molecule has 0 aliphatic heterocycles. The van der Waals surface area contributed by atoms with Crippen molar-refractivity contribution in [3.8, 4) is 0 Å². The predicted octanol–water partition coefficient (Wildman–Crippen LogP) is 17.4. The number of nitrogens with zero attached hydrogens (tertiary/aromatic N) is 1. The lowest BCUT2D eigenvalue weighted by Crippen LogP contribution is -2.44. The summed E-state index contributed by atoms with van der Waals surface area (Å²) in [5.74, 6) is -2.25. The van der Waals surface area contributed by atoms with Gasteiger partial charge in [-0.2, -0.15) is 0 Å². The number of carboxylic acids is 1. The molecule has 2 unspecified atom stereocenters. The van der Waals surface area contributed by atoms with Gasteiger partial charge >= 0.3 is 11.9 Å². The molecule has 0 fully saturated rings. The zero-order chi connectivity index (χ0) is 52.7. The first kappa shape index (κ1) is 70.3. The van der Waals surface area contributed by atoms with Crippen LogP contribution in [-0.2, 0) is 33.3 Å². The van der Waals surface area contributed by atoms with Crippen molar-refractivity contribution in [3.05, 3.63) is 0 Å². The molecule has 0 radical (unpaired) electrons. The first-order chi connectivity index (χ1) is 35.1. The number of likely N-dealkylation sites (N-methyl/N-ethyl adjacent to an activating group) is 1. The number of quaternary nitrogens is 1. The van der Waals surface area contributed by atoms with E-state index in [1.807, 2.05) is 21.1 Å². The Morgan fingerprint density at radius 1 is 0.361 bits per heavy atom. The van der Waals surface area contributed by atoms with Crippen molar-refractivity contribution in [3.63, 3.8) is 0 Å². The maximum Gasteiger partial charge on any atom is 0.306 e. The van der Waals surface area contributed by atoms with Crippen LogP contribution in [0.2, 0.25) is 0 Å². The first-order valence-electron chi connectivity index (χ1n) is 31.7. The van der Waals surface area contributed by atoms with E-state index in [1.54, 1.807) is 0 Å². The maximum atomic E-state index is 12.9. The van der Waals surface area contributed by atoms with Crippen LogP contribution in [0.3, 0.4) is 0 Å². The zero-order valence-electron chi connectivity index (χ0n) is 48.8. The van der Waals surface area contributed by atoms with Crippen LogP contribution in [0, 0.1) is 0 Å². The summed E-state index contributed by atoms with van der Waals surface area (Å²) in [5, 5.41) is 11.8. The van der Waals surface area contributed by atoms with E-state index in [4.69, 9.17) is 18.9 Å². The van der Waals surface area contributed by atoms with Gasteiger partial charge in [0.05, 0.1) is 40.3 Å². The molecule has 0 heterocycles. The van der Waals surface area contributed by atoms with Crippen molar-refractivity contribution in [2.45, 2.75) is 341 Å². The highest BCUT2D eigenvalue weighted by Gasteiger charge is 2.22. The van der Waals surface area contributed by atoms with Gasteiger partial charge in [0, 0.05) is 12.8 Å². The number of hydrogen-bond donors (Lipinski definition) is 0. The van der Waals surface area contributed by atoms with Gasteiger partial charge in [0.15, 0.2) is 12.4 Å². The van der Waals surface area contributed by atoms with Crippen LogP contribution in [-0.4, -0.2) is 82.3 Å². The minimum atomic E-state index is -1.61. The Kier molecular flexibility index (Phi) is 54.2. The van der Waals surface area contributed by atoms with Crippen LogP contribution >= 0.6 is 0 Å². The number of carbonyl (C=O) groups excluding carboxylic acids is 3. The van der Waals surface area contributed by atoms with Crippen molar-refractivity contribution < 1.29 is 42.9 Å². The highest BCUT2D eigenvalue weighted by molar-refractivity contribution is 5.70. The fourth-order valence-electron chi connectivity index (χ4n) is 9.72. The first-order valence-corrected chi connectivity index (χ1v) is 31.7. The third kappa shape index (κ3) is 56.0. The summed E-state index contributed by atoms with van der Waals surface area (Å²) < 4.78 is 22.8. The topological polar surface area (TPSA) is 111 Å². The quantitative estimate of drug-likeness (QED) is 0.0256. The lowest BCUT2D eigenvalue weighted by atomic mass is 10.0. The Morgan fingerprint density at radius 3 is 0.889 bits per heavy atom. The summed E-state index contributed by atoms with van der Waals surface area (Å²) in [6, 6.07) is 0.